The Hall–Kier alpha value is -3.18. The molecule has 2 aliphatic heterocycles. The summed E-state index contributed by atoms with van der Waals surface area (Å²) >= 11 is 1.45. The van der Waals surface area contributed by atoms with E-state index < -0.39 is 22.9 Å². The fourth-order valence-corrected chi connectivity index (χ4v) is 5.95. The number of aromatic nitrogens is 2. The number of hydrogen-bond acceptors (Lipinski definition) is 7. The highest BCUT2D eigenvalue weighted by Crippen LogP contribution is 2.41. The second-order valence-electron chi connectivity index (χ2n) is 9.44. The first-order valence-electron chi connectivity index (χ1n) is 11.7. The first-order chi connectivity index (χ1) is 17.5. The van der Waals surface area contributed by atoms with Crippen LogP contribution in [0, 0.1) is 0 Å². The molecule has 5 rings (SSSR count). The zero-order chi connectivity index (χ0) is 26.5. The van der Waals surface area contributed by atoms with Gasteiger partial charge in [0, 0.05) is 46.6 Å². The standard InChI is InChI=1S/C26H26F3N3O4S/c1-25(34)7-8-31(14-25)16-4-5-20(26(27,28)29)21(12-16)32-24(33)19-6-9-37-23(19)22(30-32)15-10-17(35-2)13-18(11-15)36-3/h4-5,10-13,34H,6-9,14H2,1-3H3/t25-/m1/s1. The smallest absolute Gasteiger partial charge is 0.418 e. The molecule has 196 valence electrons. The van der Waals surface area contributed by atoms with E-state index in [0.717, 1.165) is 10.7 Å². The Bertz CT molecular complexity index is 1400. The molecule has 0 saturated carbocycles. The Kier molecular flexibility index (Phi) is 6.39. The fourth-order valence-electron chi connectivity index (χ4n) is 4.78. The van der Waals surface area contributed by atoms with Gasteiger partial charge in [0.15, 0.2) is 0 Å². The van der Waals surface area contributed by atoms with Crippen molar-refractivity contribution in [2.24, 2.45) is 0 Å². The second-order valence-corrected chi connectivity index (χ2v) is 10.5. The highest BCUT2D eigenvalue weighted by Gasteiger charge is 2.37. The second kappa shape index (κ2) is 9.29. The monoisotopic (exact) mass is 533 g/mol. The Morgan fingerprint density at radius 1 is 1.11 bits per heavy atom. The molecule has 0 bridgehead atoms. The van der Waals surface area contributed by atoms with Crippen LogP contribution in [0.3, 0.4) is 0 Å². The molecule has 0 amide bonds. The van der Waals surface area contributed by atoms with Crippen LogP contribution in [-0.4, -0.2) is 53.6 Å². The summed E-state index contributed by atoms with van der Waals surface area (Å²) < 4.78 is 54.1. The molecule has 7 nitrogen and oxygen atoms in total. The summed E-state index contributed by atoms with van der Waals surface area (Å²) in [5, 5.41) is 14.9. The third kappa shape index (κ3) is 4.77. The Morgan fingerprint density at radius 2 is 1.81 bits per heavy atom. The summed E-state index contributed by atoms with van der Waals surface area (Å²) in [6.07, 6.45) is -3.80. The molecule has 1 aromatic heterocycles. The number of rotatable bonds is 5. The number of β-amino-alcohol motifs (C(OH)–C–C–N with tert-alkyl or cyclic N) is 1. The van der Waals surface area contributed by atoms with Crippen LogP contribution in [0.2, 0.25) is 0 Å². The van der Waals surface area contributed by atoms with Gasteiger partial charge in [-0.3, -0.25) is 4.79 Å². The van der Waals surface area contributed by atoms with Crippen LogP contribution in [0.25, 0.3) is 16.9 Å². The number of aliphatic hydroxyl groups is 1. The number of benzene rings is 2. The van der Waals surface area contributed by atoms with E-state index >= 15 is 0 Å². The van der Waals surface area contributed by atoms with Crippen molar-refractivity contribution >= 4 is 17.4 Å². The number of fused-ring (bicyclic) bond motifs is 1. The molecule has 1 N–H and O–H groups in total. The highest BCUT2D eigenvalue weighted by atomic mass is 32.2. The van der Waals surface area contributed by atoms with E-state index in [-0.39, 0.29) is 12.2 Å². The Labute approximate surface area is 215 Å². The van der Waals surface area contributed by atoms with Crippen molar-refractivity contribution in [1.29, 1.82) is 0 Å². The number of methoxy groups -OCH3 is 2. The van der Waals surface area contributed by atoms with Gasteiger partial charge in [-0.2, -0.15) is 23.0 Å². The highest BCUT2D eigenvalue weighted by molar-refractivity contribution is 7.99. The summed E-state index contributed by atoms with van der Waals surface area (Å²) in [6, 6.07) is 8.79. The third-order valence-electron chi connectivity index (χ3n) is 6.69. The molecular weight excluding hydrogens is 507 g/mol. The lowest BCUT2D eigenvalue weighted by molar-refractivity contribution is -0.137. The van der Waals surface area contributed by atoms with Gasteiger partial charge < -0.3 is 19.5 Å². The zero-order valence-corrected chi connectivity index (χ0v) is 21.4. The van der Waals surface area contributed by atoms with Crippen LogP contribution in [0.4, 0.5) is 18.9 Å². The number of anilines is 1. The largest absolute Gasteiger partial charge is 0.497 e. The average Bonchev–Trinajstić information content (AvgIpc) is 3.50. The van der Waals surface area contributed by atoms with Crippen LogP contribution >= 0.6 is 11.8 Å². The summed E-state index contributed by atoms with van der Waals surface area (Å²) in [7, 11) is 3.01. The minimum Gasteiger partial charge on any atom is -0.497 e. The minimum atomic E-state index is -4.71. The SMILES string of the molecule is COc1cc(OC)cc(-c2nn(-c3cc(N4CC[C@@](C)(O)C4)ccc3C(F)(F)F)c(=O)c3c2SCC3)c1. The van der Waals surface area contributed by atoms with Crippen molar-refractivity contribution < 1.29 is 27.8 Å². The molecule has 1 saturated heterocycles. The van der Waals surface area contributed by atoms with Crippen LogP contribution in [0.5, 0.6) is 11.5 Å². The van der Waals surface area contributed by atoms with Crippen molar-refractivity contribution in [3.8, 4) is 28.4 Å². The number of alkyl halides is 3. The molecule has 11 heteroatoms. The van der Waals surface area contributed by atoms with Crippen molar-refractivity contribution in [3.05, 3.63) is 57.9 Å². The lowest BCUT2D eigenvalue weighted by Gasteiger charge is -2.23. The van der Waals surface area contributed by atoms with Gasteiger partial charge in [-0.15, -0.1) is 11.8 Å². The molecule has 37 heavy (non-hydrogen) atoms. The van der Waals surface area contributed by atoms with E-state index in [9.17, 15) is 23.1 Å². The first kappa shape index (κ1) is 25.5. The van der Waals surface area contributed by atoms with Gasteiger partial charge in [-0.05, 0) is 50.1 Å². The zero-order valence-electron chi connectivity index (χ0n) is 20.6. The van der Waals surface area contributed by atoms with Crippen molar-refractivity contribution in [3.63, 3.8) is 0 Å². The molecule has 0 aliphatic carbocycles. The van der Waals surface area contributed by atoms with Gasteiger partial charge in [-0.25, -0.2) is 0 Å². The van der Waals surface area contributed by atoms with Crippen LogP contribution in [-0.2, 0) is 12.6 Å². The Morgan fingerprint density at radius 3 is 2.41 bits per heavy atom. The Balaban J connectivity index is 1.74. The van der Waals surface area contributed by atoms with Gasteiger partial charge in [0.25, 0.3) is 5.56 Å². The average molecular weight is 534 g/mol. The molecular formula is C26H26F3N3O4S. The topological polar surface area (TPSA) is 76.8 Å². The summed E-state index contributed by atoms with van der Waals surface area (Å²) in [5.74, 6) is 1.61. The van der Waals surface area contributed by atoms with E-state index in [1.54, 1.807) is 25.1 Å². The summed E-state index contributed by atoms with van der Waals surface area (Å²) in [6.45, 7) is 2.45. The molecule has 0 unspecified atom stereocenters. The van der Waals surface area contributed by atoms with Crippen molar-refractivity contribution in [2.75, 3.05) is 38.0 Å². The van der Waals surface area contributed by atoms with E-state index in [0.29, 0.717) is 64.0 Å². The third-order valence-corrected chi connectivity index (χ3v) is 7.83. The number of halogens is 3. The molecule has 1 fully saturated rings. The van der Waals surface area contributed by atoms with Crippen LogP contribution in [0.15, 0.2) is 46.1 Å². The van der Waals surface area contributed by atoms with Gasteiger partial charge in [0.2, 0.25) is 0 Å². The number of hydrogen-bond donors (Lipinski definition) is 1. The molecule has 0 spiro atoms. The number of ether oxygens (including phenoxy) is 2. The number of nitrogens with zero attached hydrogens (tertiary/aromatic N) is 3. The molecule has 3 aromatic rings. The van der Waals surface area contributed by atoms with Gasteiger partial charge in [0.05, 0.1) is 31.1 Å². The van der Waals surface area contributed by atoms with Crippen molar-refractivity contribution in [2.45, 2.75) is 36.4 Å². The van der Waals surface area contributed by atoms with E-state index in [2.05, 4.69) is 5.10 Å². The lowest BCUT2D eigenvalue weighted by Crippen LogP contribution is -2.30. The maximum atomic E-state index is 14.2. The number of thioether (sulfide) groups is 1. The summed E-state index contributed by atoms with van der Waals surface area (Å²) in [5.41, 5.74) is -0.966. The van der Waals surface area contributed by atoms with Gasteiger partial charge >= 0.3 is 6.18 Å². The summed E-state index contributed by atoms with van der Waals surface area (Å²) in [4.78, 5) is 16.0. The van der Waals surface area contributed by atoms with Crippen molar-refractivity contribution in [1.82, 2.24) is 9.78 Å². The van der Waals surface area contributed by atoms with E-state index in [4.69, 9.17) is 9.47 Å². The van der Waals surface area contributed by atoms with E-state index in [1.165, 1.54) is 38.1 Å². The fraction of sp³-hybridized carbons (Fsp3) is 0.385. The van der Waals surface area contributed by atoms with Crippen LogP contribution in [0.1, 0.15) is 24.5 Å². The predicted molar refractivity (Wildman–Crippen MR) is 135 cm³/mol. The molecule has 2 aliphatic rings. The maximum absolute atomic E-state index is 14.2. The van der Waals surface area contributed by atoms with Gasteiger partial charge in [-0.1, -0.05) is 0 Å². The maximum Gasteiger partial charge on any atom is 0.418 e. The molecule has 2 aromatic carbocycles. The quantitative estimate of drug-likeness (QED) is 0.516. The first-order valence-corrected chi connectivity index (χ1v) is 12.7. The normalized spacial score (nSPS) is 19.3. The minimum absolute atomic E-state index is 0.274. The molecule has 3 heterocycles. The van der Waals surface area contributed by atoms with E-state index in [1.807, 2.05) is 4.90 Å². The lowest BCUT2D eigenvalue weighted by atomic mass is 10.1. The molecule has 1 atom stereocenters. The molecule has 0 radical (unpaired) electrons. The predicted octanol–water partition coefficient (Wildman–Crippen LogP) is 4.54. The van der Waals surface area contributed by atoms with Gasteiger partial charge in [0.1, 0.15) is 17.2 Å². The van der Waals surface area contributed by atoms with Crippen LogP contribution < -0.4 is 19.9 Å².